The van der Waals surface area contributed by atoms with Gasteiger partial charge in [0.2, 0.25) is 5.91 Å². The van der Waals surface area contributed by atoms with Crippen LogP contribution >= 0.6 is 0 Å². The van der Waals surface area contributed by atoms with E-state index in [4.69, 9.17) is 9.47 Å². The molecule has 162 valence electrons. The van der Waals surface area contributed by atoms with Crippen LogP contribution in [0.5, 0.6) is 5.75 Å². The van der Waals surface area contributed by atoms with E-state index >= 15 is 0 Å². The maximum Gasteiger partial charge on any atom is 0.311 e. The number of piperidine rings is 1. The first kappa shape index (κ1) is 22.4. The lowest BCUT2D eigenvalue weighted by molar-refractivity contribution is -0.158. The molecule has 0 spiro atoms. The molecule has 1 amide bonds. The summed E-state index contributed by atoms with van der Waals surface area (Å²) < 4.78 is 10.9. The lowest BCUT2D eigenvalue weighted by Crippen LogP contribution is -2.46. The van der Waals surface area contributed by atoms with E-state index < -0.39 is 5.92 Å². The fourth-order valence-corrected chi connectivity index (χ4v) is 4.02. The predicted octanol–water partition coefficient (Wildman–Crippen LogP) is 4.39. The van der Waals surface area contributed by atoms with E-state index in [9.17, 15) is 14.9 Å². The van der Waals surface area contributed by atoms with Crippen molar-refractivity contribution in [2.24, 2.45) is 5.92 Å². The van der Waals surface area contributed by atoms with Crippen LogP contribution < -0.4 is 4.74 Å². The van der Waals surface area contributed by atoms with E-state index in [1.165, 1.54) is 0 Å². The van der Waals surface area contributed by atoms with Crippen molar-refractivity contribution < 1.29 is 19.1 Å². The number of ether oxygens (including phenoxy) is 2. The predicted molar refractivity (Wildman–Crippen MR) is 116 cm³/mol. The molecule has 1 saturated heterocycles. The molecule has 31 heavy (non-hydrogen) atoms. The number of unbranched alkanes of at least 4 members (excludes halogenated alkanes) is 1. The van der Waals surface area contributed by atoms with Gasteiger partial charge < -0.3 is 14.4 Å². The molecular weight excluding hydrogens is 392 g/mol. The third kappa shape index (κ3) is 5.24. The number of likely N-dealkylation sites (tertiary alicyclic amines) is 1. The molecule has 2 atom stereocenters. The van der Waals surface area contributed by atoms with Crippen LogP contribution in [0.15, 0.2) is 48.5 Å². The minimum absolute atomic E-state index is 0.0390. The Morgan fingerprint density at radius 2 is 1.94 bits per heavy atom. The van der Waals surface area contributed by atoms with E-state index in [1.54, 1.807) is 25.3 Å². The van der Waals surface area contributed by atoms with Crippen LogP contribution in [-0.2, 0) is 20.9 Å². The molecule has 0 aromatic heterocycles. The first-order chi connectivity index (χ1) is 15.1. The van der Waals surface area contributed by atoms with E-state index in [-0.39, 0.29) is 24.5 Å². The van der Waals surface area contributed by atoms with Crippen molar-refractivity contribution in [3.8, 4) is 11.8 Å². The average molecular weight is 421 g/mol. The van der Waals surface area contributed by atoms with Crippen molar-refractivity contribution in [3.63, 3.8) is 0 Å². The summed E-state index contributed by atoms with van der Waals surface area (Å²) in [6.07, 6.45) is 2.59. The smallest absolute Gasteiger partial charge is 0.311 e. The number of carbonyl (C=O) groups is 2. The molecular formula is C25H28N2O4. The van der Waals surface area contributed by atoms with E-state index in [0.717, 1.165) is 24.2 Å². The summed E-state index contributed by atoms with van der Waals surface area (Å²) in [5, 5.41) is 9.27. The number of methoxy groups -OCH3 is 1. The Morgan fingerprint density at radius 1 is 1.19 bits per heavy atom. The largest absolute Gasteiger partial charge is 0.497 e. The van der Waals surface area contributed by atoms with Gasteiger partial charge in [0, 0.05) is 18.5 Å². The Bertz CT molecular complexity index is 949. The van der Waals surface area contributed by atoms with Crippen molar-refractivity contribution in [2.75, 3.05) is 13.7 Å². The van der Waals surface area contributed by atoms with Crippen LogP contribution in [0.4, 0.5) is 0 Å². The molecule has 0 aliphatic carbocycles. The standard InChI is InChI=1S/C25H28N2O4/c1-3-4-15-27-23(28)14-13-22(24(27)18-9-11-21(30-2)12-10-18)25(29)31-17-20-8-6-5-7-19(20)16-26/h5-12,22,24H,3-4,13-15,17H2,1-2H3/t22-,24-/m0/s1. The molecule has 0 bridgehead atoms. The van der Waals surface area contributed by atoms with Crippen molar-refractivity contribution >= 4 is 11.9 Å². The molecule has 0 saturated carbocycles. The molecule has 1 fully saturated rings. The highest BCUT2D eigenvalue weighted by molar-refractivity contribution is 5.82. The summed E-state index contributed by atoms with van der Waals surface area (Å²) in [6.45, 7) is 2.72. The van der Waals surface area contributed by atoms with E-state index in [2.05, 4.69) is 13.0 Å². The number of hydrogen-bond donors (Lipinski definition) is 0. The monoisotopic (exact) mass is 420 g/mol. The van der Waals surface area contributed by atoms with E-state index in [1.807, 2.05) is 35.2 Å². The molecule has 1 heterocycles. The van der Waals surface area contributed by atoms with Gasteiger partial charge in [-0.2, -0.15) is 5.26 Å². The van der Waals surface area contributed by atoms with Crippen LogP contribution in [0, 0.1) is 17.2 Å². The Hall–Kier alpha value is -3.33. The third-order valence-corrected chi connectivity index (χ3v) is 5.73. The molecule has 0 unspecified atom stereocenters. The van der Waals surface area contributed by atoms with E-state index in [0.29, 0.717) is 30.5 Å². The van der Waals surface area contributed by atoms with Crippen LogP contribution in [-0.4, -0.2) is 30.4 Å². The average Bonchev–Trinajstić information content (AvgIpc) is 2.81. The second-order valence-electron chi connectivity index (χ2n) is 7.68. The van der Waals surface area contributed by atoms with Crippen molar-refractivity contribution in [2.45, 2.75) is 45.3 Å². The summed E-state index contributed by atoms with van der Waals surface area (Å²) in [5.74, 6) is -0.0221. The minimum Gasteiger partial charge on any atom is -0.497 e. The Kier molecular flexibility index (Phi) is 7.66. The molecule has 6 nitrogen and oxygen atoms in total. The summed E-state index contributed by atoms with van der Waals surface area (Å²) >= 11 is 0. The Balaban J connectivity index is 1.85. The minimum atomic E-state index is -0.461. The highest BCUT2D eigenvalue weighted by Crippen LogP contribution is 2.38. The normalized spacial score (nSPS) is 18.4. The van der Waals surface area contributed by atoms with Gasteiger partial charge in [0.1, 0.15) is 12.4 Å². The van der Waals surface area contributed by atoms with Crippen molar-refractivity contribution in [1.82, 2.24) is 4.90 Å². The maximum absolute atomic E-state index is 13.1. The number of carbonyl (C=O) groups excluding carboxylic acids is 2. The number of esters is 1. The second-order valence-corrected chi connectivity index (χ2v) is 7.68. The zero-order valence-electron chi connectivity index (χ0n) is 18.0. The number of benzene rings is 2. The van der Waals surface area contributed by atoms with Gasteiger partial charge in [-0.15, -0.1) is 0 Å². The first-order valence-corrected chi connectivity index (χ1v) is 10.7. The fraction of sp³-hybridized carbons (Fsp3) is 0.400. The highest BCUT2D eigenvalue weighted by Gasteiger charge is 2.41. The topological polar surface area (TPSA) is 79.6 Å². The van der Waals surface area contributed by atoms with Gasteiger partial charge in [-0.25, -0.2) is 0 Å². The molecule has 6 heteroatoms. The van der Waals surface area contributed by atoms with Gasteiger partial charge in [-0.1, -0.05) is 43.7 Å². The van der Waals surface area contributed by atoms with Crippen LogP contribution in [0.1, 0.15) is 55.3 Å². The third-order valence-electron chi connectivity index (χ3n) is 5.73. The molecule has 3 rings (SSSR count). The van der Waals surface area contributed by atoms with Crippen molar-refractivity contribution in [1.29, 1.82) is 5.26 Å². The zero-order valence-corrected chi connectivity index (χ0v) is 18.0. The maximum atomic E-state index is 13.1. The molecule has 1 aliphatic rings. The fourth-order valence-electron chi connectivity index (χ4n) is 4.02. The lowest BCUT2D eigenvalue weighted by Gasteiger charge is -2.40. The van der Waals surface area contributed by atoms with Gasteiger partial charge in [0.25, 0.3) is 0 Å². The number of hydrogen-bond acceptors (Lipinski definition) is 5. The molecule has 2 aromatic rings. The second kappa shape index (κ2) is 10.6. The number of amides is 1. The van der Waals surface area contributed by atoms with Gasteiger partial charge in [0.05, 0.1) is 30.7 Å². The van der Waals surface area contributed by atoms with Crippen LogP contribution in [0.3, 0.4) is 0 Å². The summed E-state index contributed by atoms with van der Waals surface area (Å²) in [5.41, 5.74) is 2.06. The van der Waals surface area contributed by atoms with Crippen LogP contribution in [0.2, 0.25) is 0 Å². The number of nitriles is 1. The van der Waals surface area contributed by atoms with Crippen LogP contribution in [0.25, 0.3) is 0 Å². The zero-order chi connectivity index (χ0) is 22.2. The molecule has 1 aliphatic heterocycles. The highest BCUT2D eigenvalue weighted by atomic mass is 16.5. The molecule has 0 N–H and O–H groups in total. The van der Waals surface area contributed by atoms with Crippen molar-refractivity contribution in [3.05, 3.63) is 65.2 Å². The Morgan fingerprint density at radius 3 is 2.61 bits per heavy atom. The van der Waals surface area contributed by atoms with Gasteiger partial charge >= 0.3 is 5.97 Å². The summed E-state index contributed by atoms with van der Waals surface area (Å²) in [6, 6.07) is 16.3. The summed E-state index contributed by atoms with van der Waals surface area (Å²) in [4.78, 5) is 27.7. The number of nitrogens with zero attached hydrogens (tertiary/aromatic N) is 2. The number of rotatable bonds is 8. The van der Waals surface area contributed by atoms with Gasteiger partial charge in [0.15, 0.2) is 0 Å². The van der Waals surface area contributed by atoms with Gasteiger partial charge in [-0.3, -0.25) is 9.59 Å². The SMILES string of the molecule is CCCCN1C(=O)CC[C@H](C(=O)OCc2ccccc2C#N)[C@@H]1c1ccc(OC)cc1. The quantitative estimate of drug-likeness (QED) is 0.592. The molecule has 0 radical (unpaired) electrons. The van der Waals surface area contributed by atoms with Gasteiger partial charge in [-0.05, 0) is 36.6 Å². The molecule has 2 aromatic carbocycles. The Labute approximate surface area is 183 Å². The summed E-state index contributed by atoms with van der Waals surface area (Å²) in [7, 11) is 1.60. The lowest BCUT2D eigenvalue weighted by atomic mass is 9.84. The first-order valence-electron chi connectivity index (χ1n) is 10.7.